The Balaban J connectivity index is 2.10. The summed E-state index contributed by atoms with van der Waals surface area (Å²) < 4.78 is 70.1. The molecule has 0 bridgehead atoms. The van der Waals surface area contributed by atoms with Gasteiger partial charge in [0.2, 0.25) is 15.9 Å². The average molecular weight is 455 g/mol. The molecule has 0 aromatic heterocycles. The Bertz CT molecular complexity index is 1040. The van der Waals surface area contributed by atoms with Gasteiger partial charge in [0.15, 0.2) is 0 Å². The highest BCUT2D eigenvalue weighted by atomic mass is 35.5. The zero-order valence-electron chi connectivity index (χ0n) is 13.7. The number of carboxylic acid groups (broad SMARTS) is 1. The molecule has 1 N–H and O–H groups in total. The highest BCUT2D eigenvalue weighted by Gasteiger charge is 2.52. The molecule has 0 saturated carbocycles. The molecule has 11 heteroatoms. The lowest BCUT2D eigenvalue weighted by Gasteiger charge is -2.32. The van der Waals surface area contributed by atoms with Crippen LogP contribution in [0, 0.1) is 5.92 Å². The molecule has 0 amide bonds. The maximum atomic E-state index is 13.2. The number of carboxylic acids is 1. The number of benzene rings is 2. The predicted octanol–water partition coefficient (Wildman–Crippen LogP) is 4.39. The van der Waals surface area contributed by atoms with Gasteiger partial charge in [-0.3, -0.25) is 4.79 Å². The van der Waals surface area contributed by atoms with Gasteiger partial charge in [0.1, 0.15) is 11.7 Å². The molecule has 2 aromatic carbocycles. The number of fused-ring (bicyclic) bond motifs is 1. The second-order valence-corrected chi connectivity index (χ2v) is 8.84. The van der Waals surface area contributed by atoms with E-state index in [1.807, 2.05) is 0 Å². The molecule has 1 aliphatic heterocycles. The first-order valence-corrected chi connectivity index (χ1v) is 9.94. The zero-order valence-corrected chi connectivity index (χ0v) is 16.0. The molecule has 2 unspecified atom stereocenters. The molecule has 150 valence electrons. The van der Waals surface area contributed by atoms with Crippen molar-refractivity contribution in [2.24, 2.45) is 5.92 Å². The van der Waals surface area contributed by atoms with Gasteiger partial charge in [-0.2, -0.15) is 13.2 Å². The highest BCUT2D eigenvalue weighted by Crippen LogP contribution is 2.42. The van der Waals surface area contributed by atoms with Gasteiger partial charge in [0.05, 0.1) is 14.8 Å². The maximum absolute atomic E-state index is 13.2. The van der Waals surface area contributed by atoms with Gasteiger partial charge in [-0.15, -0.1) is 0 Å². The van der Waals surface area contributed by atoms with Crippen LogP contribution in [-0.4, -0.2) is 31.8 Å². The first-order valence-electron chi connectivity index (χ1n) is 7.70. The highest BCUT2D eigenvalue weighted by molar-refractivity contribution is 7.91. The van der Waals surface area contributed by atoms with Gasteiger partial charge in [-0.25, -0.2) is 8.42 Å². The van der Waals surface area contributed by atoms with Crippen molar-refractivity contribution in [1.29, 1.82) is 0 Å². The topological polar surface area (TPSA) is 80.7 Å². The summed E-state index contributed by atoms with van der Waals surface area (Å²) in [5, 5.41) is 9.14. The summed E-state index contributed by atoms with van der Waals surface area (Å²) in [7, 11) is -4.17. The largest absolute Gasteiger partial charge is 0.481 e. The van der Waals surface area contributed by atoms with E-state index in [-0.39, 0.29) is 21.2 Å². The van der Waals surface area contributed by atoms with Gasteiger partial charge in [0.25, 0.3) is 0 Å². The van der Waals surface area contributed by atoms with Crippen molar-refractivity contribution < 1.29 is 36.2 Å². The van der Waals surface area contributed by atoms with Crippen molar-refractivity contribution >= 4 is 39.0 Å². The lowest BCUT2D eigenvalue weighted by molar-refractivity contribution is -0.217. The van der Waals surface area contributed by atoms with Crippen molar-refractivity contribution in [2.45, 2.75) is 28.5 Å². The molecular formula is C17H11Cl2F3O5S. The van der Waals surface area contributed by atoms with Crippen LogP contribution in [0.2, 0.25) is 10.0 Å². The number of aliphatic carboxylic acids is 1. The van der Waals surface area contributed by atoms with Gasteiger partial charge in [0, 0.05) is 11.1 Å². The first kappa shape index (κ1) is 20.8. The fraction of sp³-hybridized carbons (Fsp3) is 0.235. The standard InChI is InChI=1S/C17H11Cl2F3O5S/c18-9-1-3-10(4-2-9)28(25,26)14-7-13-8(6-12(14)19)5-11(16(23)24)15(27-13)17(20,21)22/h1-4,6-7,11,15H,5H2,(H,23,24). The van der Waals surface area contributed by atoms with Crippen molar-refractivity contribution in [3.05, 3.63) is 52.0 Å². The molecule has 0 radical (unpaired) electrons. The minimum absolute atomic E-state index is 0.0768. The van der Waals surface area contributed by atoms with Crippen LogP contribution in [0.4, 0.5) is 13.2 Å². The summed E-state index contributed by atoms with van der Waals surface area (Å²) in [5.41, 5.74) is 0.0768. The summed E-state index contributed by atoms with van der Waals surface area (Å²) in [6.45, 7) is 0. The Morgan fingerprint density at radius 2 is 1.75 bits per heavy atom. The first-order chi connectivity index (χ1) is 12.9. The summed E-state index contributed by atoms with van der Waals surface area (Å²) in [6, 6.07) is 7.14. The third-order valence-corrected chi connectivity index (χ3v) is 6.71. The molecule has 0 fully saturated rings. The van der Waals surface area contributed by atoms with Crippen LogP contribution in [0.3, 0.4) is 0 Å². The number of carbonyl (C=O) groups is 1. The molecule has 0 saturated heterocycles. The Hall–Kier alpha value is -1.97. The number of halogens is 5. The number of sulfone groups is 1. The second-order valence-electron chi connectivity index (χ2n) is 6.08. The zero-order chi connectivity index (χ0) is 20.9. The van der Waals surface area contributed by atoms with Gasteiger partial charge in [-0.05, 0) is 42.3 Å². The fourth-order valence-corrected chi connectivity index (χ4v) is 4.81. The average Bonchev–Trinajstić information content (AvgIpc) is 2.59. The van der Waals surface area contributed by atoms with Crippen LogP contribution in [0.1, 0.15) is 5.56 Å². The van der Waals surface area contributed by atoms with Crippen LogP contribution in [0.25, 0.3) is 0 Å². The molecule has 0 spiro atoms. The van der Waals surface area contributed by atoms with E-state index in [1.165, 1.54) is 24.3 Å². The molecule has 2 atom stereocenters. The third kappa shape index (κ3) is 3.78. The van der Waals surface area contributed by atoms with E-state index in [9.17, 15) is 26.4 Å². The van der Waals surface area contributed by atoms with Crippen LogP contribution >= 0.6 is 23.2 Å². The van der Waals surface area contributed by atoms with Gasteiger partial charge < -0.3 is 9.84 Å². The van der Waals surface area contributed by atoms with Crippen molar-refractivity contribution in [1.82, 2.24) is 0 Å². The number of rotatable bonds is 3. The normalized spacial score (nSPS) is 19.6. The van der Waals surface area contributed by atoms with Crippen molar-refractivity contribution in [3.63, 3.8) is 0 Å². The fourth-order valence-electron chi connectivity index (χ4n) is 2.87. The van der Waals surface area contributed by atoms with E-state index >= 15 is 0 Å². The van der Waals surface area contributed by atoms with E-state index in [1.54, 1.807) is 0 Å². The van der Waals surface area contributed by atoms with Crippen molar-refractivity contribution in [2.75, 3.05) is 0 Å². The lowest BCUT2D eigenvalue weighted by atomic mass is 9.90. The predicted molar refractivity (Wildman–Crippen MR) is 93.7 cm³/mol. The molecule has 2 aromatic rings. The Morgan fingerprint density at radius 1 is 1.14 bits per heavy atom. The minimum atomic E-state index is -4.95. The van der Waals surface area contributed by atoms with E-state index in [0.717, 1.165) is 12.1 Å². The monoisotopic (exact) mass is 454 g/mol. The Morgan fingerprint density at radius 3 is 2.29 bits per heavy atom. The van der Waals surface area contributed by atoms with Gasteiger partial charge >= 0.3 is 12.1 Å². The van der Waals surface area contributed by atoms with E-state index in [4.69, 9.17) is 33.0 Å². The minimum Gasteiger partial charge on any atom is -0.481 e. The quantitative estimate of drug-likeness (QED) is 0.743. The van der Waals surface area contributed by atoms with E-state index in [2.05, 4.69) is 0 Å². The van der Waals surface area contributed by atoms with E-state index < -0.39 is 45.3 Å². The van der Waals surface area contributed by atoms with E-state index in [0.29, 0.717) is 5.02 Å². The second kappa shape index (κ2) is 7.13. The molecule has 5 nitrogen and oxygen atoms in total. The number of hydrogen-bond acceptors (Lipinski definition) is 4. The summed E-state index contributed by atoms with van der Waals surface area (Å²) in [6.07, 6.45) is -8.06. The van der Waals surface area contributed by atoms with Crippen LogP contribution < -0.4 is 4.74 Å². The van der Waals surface area contributed by atoms with Gasteiger partial charge in [-0.1, -0.05) is 23.2 Å². The molecule has 28 heavy (non-hydrogen) atoms. The van der Waals surface area contributed by atoms with Crippen LogP contribution in [-0.2, 0) is 21.1 Å². The third-order valence-electron chi connectivity index (χ3n) is 4.23. The Labute approximate surface area is 167 Å². The van der Waals surface area contributed by atoms with Crippen LogP contribution in [0.5, 0.6) is 5.75 Å². The molecule has 1 aliphatic rings. The summed E-state index contributed by atoms with van der Waals surface area (Å²) >= 11 is 11.8. The molecule has 0 aliphatic carbocycles. The molecular weight excluding hydrogens is 444 g/mol. The Kier molecular flexibility index (Phi) is 5.28. The number of alkyl halides is 3. The summed E-state index contributed by atoms with van der Waals surface area (Å²) in [5.74, 6) is -3.93. The smallest absolute Gasteiger partial charge is 0.426 e. The molecule has 3 rings (SSSR count). The van der Waals surface area contributed by atoms with Crippen molar-refractivity contribution in [3.8, 4) is 5.75 Å². The molecule has 1 heterocycles. The summed E-state index contributed by atoms with van der Waals surface area (Å²) in [4.78, 5) is 10.6. The maximum Gasteiger partial charge on any atom is 0.426 e. The van der Waals surface area contributed by atoms with Crippen LogP contribution in [0.15, 0.2) is 46.2 Å². The number of ether oxygens (including phenoxy) is 1. The number of hydrogen-bond donors (Lipinski definition) is 1. The SMILES string of the molecule is O=C(O)C1Cc2cc(Cl)c(S(=O)(=O)c3ccc(Cl)cc3)cc2OC1C(F)(F)F. The lowest BCUT2D eigenvalue weighted by Crippen LogP contribution is -2.47.